The third-order valence-corrected chi connectivity index (χ3v) is 4.79. The van der Waals surface area contributed by atoms with Crippen molar-refractivity contribution in [3.8, 4) is 0 Å². The number of rotatable bonds is 3. The zero-order valence-corrected chi connectivity index (χ0v) is 12.0. The number of thiophene rings is 1. The molecule has 1 amide bonds. The molecule has 2 N–H and O–H groups in total. The molecule has 3 nitrogen and oxygen atoms in total. The number of fused-ring (bicyclic) bond motifs is 1. The molecule has 1 aliphatic rings. The van der Waals surface area contributed by atoms with Crippen LogP contribution in [0.4, 0.5) is 5.69 Å². The summed E-state index contributed by atoms with van der Waals surface area (Å²) in [5.74, 6) is -0.0267. The summed E-state index contributed by atoms with van der Waals surface area (Å²) in [6, 6.07) is 7.28. The Bertz CT molecular complexity index is 616. The molecular weight excluding hydrogens is 270 g/mol. The number of aliphatic hydroxyl groups excluding tert-OH is 1. The van der Waals surface area contributed by atoms with Crippen LogP contribution in [0.5, 0.6) is 0 Å². The van der Waals surface area contributed by atoms with Crippen molar-refractivity contribution in [3.63, 3.8) is 0 Å². The molecule has 20 heavy (non-hydrogen) atoms. The molecule has 0 saturated heterocycles. The van der Waals surface area contributed by atoms with Gasteiger partial charge in [0.15, 0.2) is 0 Å². The van der Waals surface area contributed by atoms with Crippen LogP contribution in [-0.4, -0.2) is 11.0 Å². The van der Waals surface area contributed by atoms with E-state index in [1.807, 2.05) is 29.6 Å². The molecule has 0 radical (unpaired) electrons. The standard InChI is InChI=1S/C16H17NO2S/c18-9-11-5-7-12(8-6-11)17-16(19)14-10-20-15-4-2-1-3-13(14)15/h5-8,10,18H,1-4,9H2,(H,17,19). The molecule has 0 bridgehead atoms. The van der Waals surface area contributed by atoms with Crippen LogP contribution in [0.2, 0.25) is 0 Å². The van der Waals surface area contributed by atoms with Crippen molar-refractivity contribution in [2.75, 3.05) is 5.32 Å². The lowest BCUT2D eigenvalue weighted by Gasteiger charge is -2.12. The van der Waals surface area contributed by atoms with Crippen molar-refractivity contribution in [2.24, 2.45) is 0 Å². The van der Waals surface area contributed by atoms with Gasteiger partial charge in [-0.25, -0.2) is 0 Å². The van der Waals surface area contributed by atoms with Crippen molar-refractivity contribution in [1.82, 2.24) is 0 Å². The second-order valence-corrected chi connectivity index (χ2v) is 6.03. The quantitative estimate of drug-likeness (QED) is 0.909. The average molecular weight is 287 g/mol. The zero-order chi connectivity index (χ0) is 13.9. The third kappa shape index (κ3) is 2.62. The van der Waals surface area contributed by atoms with Gasteiger partial charge in [-0.2, -0.15) is 0 Å². The van der Waals surface area contributed by atoms with E-state index >= 15 is 0 Å². The predicted octanol–water partition coefficient (Wildman–Crippen LogP) is 3.37. The van der Waals surface area contributed by atoms with E-state index in [9.17, 15) is 4.79 Å². The molecule has 0 saturated carbocycles. The summed E-state index contributed by atoms with van der Waals surface area (Å²) < 4.78 is 0. The van der Waals surface area contributed by atoms with Gasteiger partial charge < -0.3 is 10.4 Å². The predicted molar refractivity (Wildman–Crippen MR) is 81.3 cm³/mol. The lowest BCUT2D eigenvalue weighted by atomic mass is 9.95. The van der Waals surface area contributed by atoms with Crippen molar-refractivity contribution in [1.29, 1.82) is 0 Å². The number of hydrogen-bond acceptors (Lipinski definition) is 3. The lowest BCUT2D eigenvalue weighted by molar-refractivity contribution is 0.102. The number of carbonyl (C=O) groups is 1. The normalized spacial score (nSPS) is 13.8. The maximum Gasteiger partial charge on any atom is 0.256 e. The second-order valence-electron chi connectivity index (χ2n) is 5.07. The Balaban J connectivity index is 1.77. The van der Waals surface area contributed by atoms with Gasteiger partial charge in [-0.15, -0.1) is 11.3 Å². The van der Waals surface area contributed by atoms with E-state index in [0.29, 0.717) is 0 Å². The summed E-state index contributed by atoms with van der Waals surface area (Å²) in [4.78, 5) is 13.7. The molecule has 3 rings (SSSR count). The van der Waals surface area contributed by atoms with Crippen LogP contribution < -0.4 is 5.32 Å². The summed E-state index contributed by atoms with van der Waals surface area (Å²) >= 11 is 1.70. The molecule has 104 valence electrons. The van der Waals surface area contributed by atoms with Crippen LogP contribution in [0.1, 0.15) is 39.2 Å². The highest BCUT2D eigenvalue weighted by Crippen LogP contribution is 2.30. The molecule has 1 aromatic carbocycles. The fourth-order valence-corrected chi connectivity index (χ4v) is 3.70. The number of carbonyl (C=O) groups excluding carboxylic acids is 1. The van der Waals surface area contributed by atoms with E-state index in [1.54, 1.807) is 11.3 Å². The van der Waals surface area contributed by atoms with Gasteiger partial charge in [0.2, 0.25) is 0 Å². The minimum atomic E-state index is -0.0267. The van der Waals surface area contributed by atoms with Crippen LogP contribution in [0.3, 0.4) is 0 Å². The number of nitrogens with one attached hydrogen (secondary N) is 1. The van der Waals surface area contributed by atoms with Crippen LogP contribution in [-0.2, 0) is 19.4 Å². The monoisotopic (exact) mass is 287 g/mol. The van der Waals surface area contributed by atoms with Crippen molar-refractivity contribution in [3.05, 3.63) is 51.2 Å². The molecule has 0 unspecified atom stereocenters. The van der Waals surface area contributed by atoms with Gasteiger partial charge in [0.1, 0.15) is 0 Å². The third-order valence-electron chi connectivity index (χ3n) is 3.70. The van der Waals surface area contributed by atoms with Crippen LogP contribution in [0.25, 0.3) is 0 Å². The van der Waals surface area contributed by atoms with Gasteiger partial charge in [0.05, 0.1) is 12.2 Å². The molecule has 0 aliphatic heterocycles. The van der Waals surface area contributed by atoms with Gasteiger partial charge in [-0.3, -0.25) is 4.79 Å². The van der Waals surface area contributed by atoms with E-state index < -0.39 is 0 Å². The van der Waals surface area contributed by atoms with Crippen LogP contribution >= 0.6 is 11.3 Å². The van der Waals surface area contributed by atoms with E-state index in [4.69, 9.17) is 5.11 Å². The Morgan fingerprint density at radius 1 is 1.20 bits per heavy atom. The summed E-state index contributed by atoms with van der Waals surface area (Å²) in [5, 5.41) is 13.9. The molecular formula is C16H17NO2S. The van der Waals surface area contributed by atoms with Crippen molar-refractivity contribution < 1.29 is 9.90 Å². The molecule has 1 aromatic heterocycles. The largest absolute Gasteiger partial charge is 0.392 e. The number of benzene rings is 1. The number of aryl methyl sites for hydroxylation is 1. The average Bonchev–Trinajstić information content (AvgIpc) is 2.92. The summed E-state index contributed by atoms with van der Waals surface area (Å²) in [5.41, 5.74) is 3.68. The summed E-state index contributed by atoms with van der Waals surface area (Å²) in [6.45, 7) is 0.0201. The topological polar surface area (TPSA) is 49.3 Å². The SMILES string of the molecule is O=C(Nc1ccc(CO)cc1)c1csc2c1CCCC2. The van der Waals surface area contributed by atoms with Gasteiger partial charge in [0, 0.05) is 15.9 Å². The number of aliphatic hydroxyl groups is 1. The smallest absolute Gasteiger partial charge is 0.256 e. The van der Waals surface area contributed by atoms with Crippen LogP contribution in [0, 0.1) is 0 Å². The number of amides is 1. The minimum absolute atomic E-state index is 0.0201. The highest BCUT2D eigenvalue weighted by atomic mass is 32.1. The van der Waals surface area contributed by atoms with Gasteiger partial charge >= 0.3 is 0 Å². The van der Waals surface area contributed by atoms with Crippen molar-refractivity contribution >= 4 is 22.9 Å². The molecule has 4 heteroatoms. The second kappa shape index (κ2) is 5.77. The van der Waals surface area contributed by atoms with E-state index in [-0.39, 0.29) is 12.5 Å². The first-order valence-electron chi connectivity index (χ1n) is 6.88. The van der Waals surface area contributed by atoms with E-state index in [1.165, 1.54) is 23.3 Å². The Morgan fingerprint density at radius 2 is 1.95 bits per heavy atom. The fraction of sp³-hybridized carbons (Fsp3) is 0.312. The molecule has 1 heterocycles. The Kier molecular flexibility index (Phi) is 3.85. The molecule has 1 aliphatic carbocycles. The first-order chi connectivity index (χ1) is 9.78. The Morgan fingerprint density at radius 3 is 2.70 bits per heavy atom. The number of hydrogen-bond donors (Lipinski definition) is 2. The molecule has 0 fully saturated rings. The molecule has 0 spiro atoms. The maximum atomic E-state index is 12.3. The Hall–Kier alpha value is -1.65. The minimum Gasteiger partial charge on any atom is -0.392 e. The van der Waals surface area contributed by atoms with Gasteiger partial charge in [-0.1, -0.05) is 12.1 Å². The van der Waals surface area contributed by atoms with Crippen molar-refractivity contribution in [2.45, 2.75) is 32.3 Å². The van der Waals surface area contributed by atoms with E-state index in [2.05, 4.69) is 5.32 Å². The highest BCUT2D eigenvalue weighted by molar-refractivity contribution is 7.10. The lowest BCUT2D eigenvalue weighted by Crippen LogP contribution is -2.14. The van der Waals surface area contributed by atoms with Gasteiger partial charge in [-0.05, 0) is 48.9 Å². The van der Waals surface area contributed by atoms with E-state index in [0.717, 1.165) is 29.7 Å². The number of anilines is 1. The summed E-state index contributed by atoms with van der Waals surface area (Å²) in [7, 11) is 0. The maximum absolute atomic E-state index is 12.3. The fourth-order valence-electron chi connectivity index (χ4n) is 2.58. The molecule has 2 aromatic rings. The first-order valence-corrected chi connectivity index (χ1v) is 7.76. The zero-order valence-electron chi connectivity index (χ0n) is 11.2. The Labute approximate surface area is 122 Å². The van der Waals surface area contributed by atoms with Crippen LogP contribution in [0.15, 0.2) is 29.6 Å². The molecule has 0 atom stereocenters. The summed E-state index contributed by atoms with van der Waals surface area (Å²) in [6.07, 6.45) is 4.54. The highest BCUT2D eigenvalue weighted by Gasteiger charge is 2.20. The van der Waals surface area contributed by atoms with Gasteiger partial charge in [0.25, 0.3) is 5.91 Å². The first kappa shape index (κ1) is 13.3.